The molecule has 0 amide bonds. The Balaban J connectivity index is 1.97. The molecule has 0 spiro atoms. The molecular weight excluding hydrogens is 294 g/mol. The zero-order valence-corrected chi connectivity index (χ0v) is 11.6. The van der Waals surface area contributed by atoms with Gasteiger partial charge in [0.25, 0.3) is 0 Å². The van der Waals surface area contributed by atoms with Crippen molar-refractivity contribution in [3.63, 3.8) is 0 Å². The average Bonchev–Trinajstić information content (AvgIpc) is 2.37. The van der Waals surface area contributed by atoms with E-state index >= 15 is 0 Å². The second-order valence-electron chi connectivity index (χ2n) is 4.00. The molecule has 94 valence electrons. The number of nitrogens with zero attached hydrogens (tertiary/aromatic N) is 2. The fourth-order valence-corrected chi connectivity index (χ4v) is 1.97. The lowest BCUT2D eigenvalue weighted by molar-refractivity contribution is 0.463. The van der Waals surface area contributed by atoms with E-state index in [2.05, 4.69) is 31.2 Å². The molecule has 1 aromatic carbocycles. The SMILES string of the molecule is Cc1cc(O)c(CNCc2ncccn2)cc1Br. The van der Waals surface area contributed by atoms with E-state index in [1.54, 1.807) is 24.5 Å². The van der Waals surface area contributed by atoms with Crippen LogP contribution < -0.4 is 5.32 Å². The van der Waals surface area contributed by atoms with Crippen LogP contribution in [0.5, 0.6) is 5.75 Å². The molecular formula is C13H14BrN3O. The molecule has 0 saturated heterocycles. The zero-order valence-electron chi connectivity index (χ0n) is 10.0. The highest BCUT2D eigenvalue weighted by atomic mass is 79.9. The summed E-state index contributed by atoms with van der Waals surface area (Å²) in [5, 5.41) is 13.0. The largest absolute Gasteiger partial charge is 0.508 e. The number of halogens is 1. The molecule has 5 heteroatoms. The van der Waals surface area contributed by atoms with Crippen LogP contribution in [0.25, 0.3) is 0 Å². The molecule has 4 nitrogen and oxygen atoms in total. The molecule has 0 fully saturated rings. The Morgan fingerprint density at radius 3 is 2.67 bits per heavy atom. The van der Waals surface area contributed by atoms with Gasteiger partial charge in [0.05, 0.1) is 6.54 Å². The molecule has 1 heterocycles. The van der Waals surface area contributed by atoms with Crippen LogP contribution in [0.2, 0.25) is 0 Å². The van der Waals surface area contributed by atoms with Gasteiger partial charge in [0.1, 0.15) is 11.6 Å². The van der Waals surface area contributed by atoms with Gasteiger partial charge in [0.2, 0.25) is 0 Å². The predicted octanol–water partition coefficient (Wildman–Crippen LogP) is 2.54. The van der Waals surface area contributed by atoms with Crippen molar-refractivity contribution in [2.24, 2.45) is 0 Å². The van der Waals surface area contributed by atoms with E-state index in [-0.39, 0.29) is 0 Å². The molecule has 0 bridgehead atoms. The highest BCUT2D eigenvalue weighted by Gasteiger charge is 2.05. The van der Waals surface area contributed by atoms with Crippen molar-refractivity contribution in [2.45, 2.75) is 20.0 Å². The Morgan fingerprint density at radius 2 is 1.94 bits per heavy atom. The highest BCUT2D eigenvalue weighted by molar-refractivity contribution is 9.10. The third kappa shape index (κ3) is 3.27. The molecule has 2 N–H and O–H groups in total. The number of nitrogens with one attached hydrogen (secondary N) is 1. The van der Waals surface area contributed by atoms with E-state index in [1.165, 1.54) is 0 Å². The zero-order chi connectivity index (χ0) is 13.0. The standard InChI is InChI=1S/C13H14BrN3O/c1-9-5-12(18)10(6-11(9)14)7-15-8-13-16-3-2-4-17-13/h2-6,15,18H,7-8H2,1H3. The number of aromatic hydroxyl groups is 1. The van der Waals surface area contributed by atoms with Crippen molar-refractivity contribution in [3.8, 4) is 5.75 Å². The van der Waals surface area contributed by atoms with Crippen LogP contribution in [0.3, 0.4) is 0 Å². The van der Waals surface area contributed by atoms with Crippen LogP contribution in [0, 0.1) is 6.92 Å². The lowest BCUT2D eigenvalue weighted by atomic mass is 10.1. The topological polar surface area (TPSA) is 58.0 Å². The first kappa shape index (κ1) is 13.0. The van der Waals surface area contributed by atoms with Gasteiger partial charge in [0, 0.05) is 29.0 Å². The fourth-order valence-electron chi connectivity index (χ4n) is 1.58. The van der Waals surface area contributed by atoms with E-state index in [1.807, 2.05) is 13.0 Å². The van der Waals surface area contributed by atoms with Crippen LogP contribution in [0.15, 0.2) is 35.1 Å². The molecule has 0 aliphatic heterocycles. The van der Waals surface area contributed by atoms with Crippen LogP contribution in [-0.4, -0.2) is 15.1 Å². The summed E-state index contributed by atoms with van der Waals surface area (Å²) in [7, 11) is 0. The monoisotopic (exact) mass is 307 g/mol. The quantitative estimate of drug-likeness (QED) is 0.911. The molecule has 2 rings (SSSR count). The fraction of sp³-hybridized carbons (Fsp3) is 0.231. The van der Waals surface area contributed by atoms with Gasteiger partial charge < -0.3 is 10.4 Å². The lowest BCUT2D eigenvalue weighted by Crippen LogP contribution is -2.14. The maximum absolute atomic E-state index is 9.82. The minimum atomic E-state index is 0.303. The number of rotatable bonds is 4. The smallest absolute Gasteiger partial charge is 0.141 e. The Hall–Kier alpha value is -1.46. The number of aryl methyl sites for hydroxylation is 1. The first-order valence-corrected chi connectivity index (χ1v) is 6.40. The predicted molar refractivity (Wildman–Crippen MR) is 73.1 cm³/mol. The summed E-state index contributed by atoms with van der Waals surface area (Å²) in [6.45, 7) is 3.09. The Labute approximate surface area is 114 Å². The van der Waals surface area contributed by atoms with Crippen molar-refractivity contribution in [3.05, 3.63) is 52.0 Å². The second kappa shape index (κ2) is 5.93. The first-order valence-electron chi connectivity index (χ1n) is 5.61. The number of phenolic OH excluding ortho intramolecular Hbond substituents is 1. The van der Waals surface area contributed by atoms with Crippen LogP contribution in [0.4, 0.5) is 0 Å². The number of aromatic nitrogens is 2. The molecule has 1 aromatic heterocycles. The third-order valence-electron chi connectivity index (χ3n) is 2.58. The van der Waals surface area contributed by atoms with Gasteiger partial charge in [0.15, 0.2) is 0 Å². The van der Waals surface area contributed by atoms with Crippen molar-refractivity contribution in [1.29, 1.82) is 0 Å². The first-order chi connectivity index (χ1) is 8.66. The number of benzene rings is 1. The van der Waals surface area contributed by atoms with Gasteiger partial charge in [-0.2, -0.15) is 0 Å². The van der Waals surface area contributed by atoms with Crippen molar-refractivity contribution in [1.82, 2.24) is 15.3 Å². The van der Waals surface area contributed by atoms with Gasteiger partial charge in [-0.15, -0.1) is 0 Å². The molecule has 0 radical (unpaired) electrons. The summed E-state index contributed by atoms with van der Waals surface area (Å²) in [5.41, 5.74) is 1.87. The maximum atomic E-state index is 9.82. The molecule has 18 heavy (non-hydrogen) atoms. The summed E-state index contributed by atoms with van der Waals surface area (Å²) >= 11 is 3.45. The average molecular weight is 308 g/mol. The normalized spacial score (nSPS) is 10.6. The number of hydrogen-bond donors (Lipinski definition) is 2. The second-order valence-corrected chi connectivity index (χ2v) is 4.85. The summed E-state index contributed by atoms with van der Waals surface area (Å²) in [5.74, 6) is 1.04. The highest BCUT2D eigenvalue weighted by Crippen LogP contribution is 2.25. The lowest BCUT2D eigenvalue weighted by Gasteiger charge is -2.08. The summed E-state index contributed by atoms with van der Waals surface area (Å²) in [4.78, 5) is 8.24. The Bertz CT molecular complexity index is 531. The Kier molecular flexibility index (Phi) is 4.28. The molecule has 0 aliphatic rings. The summed E-state index contributed by atoms with van der Waals surface area (Å²) in [6, 6.07) is 5.45. The molecule has 0 aliphatic carbocycles. The van der Waals surface area contributed by atoms with E-state index in [0.29, 0.717) is 18.8 Å². The van der Waals surface area contributed by atoms with Crippen molar-refractivity contribution < 1.29 is 5.11 Å². The van der Waals surface area contributed by atoms with Crippen molar-refractivity contribution in [2.75, 3.05) is 0 Å². The molecule has 2 aromatic rings. The Morgan fingerprint density at radius 1 is 1.22 bits per heavy atom. The summed E-state index contributed by atoms with van der Waals surface area (Å²) < 4.78 is 0.994. The third-order valence-corrected chi connectivity index (χ3v) is 3.43. The van der Waals surface area contributed by atoms with Crippen molar-refractivity contribution >= 4 is 15.9 Å². The van der Waals surface area contributed by atoms with Gasteiger partial charge in [-0.25, -0.2) is 9.97 Å². The van der Waals surface area contributed by atoms with E-state index in [0.717, 1.165) is 21.4 Å². The van der Waals surface area contributed by atoms with E-state index in [4.69, 9.17) is 0 Å². The van der Waals surface area contributed by atoms with Gasteiger partial charge in [-0.1, -0.05) is 15.9 Å². The summed E-state index contributed by atoms with van der Waals surface area (Å²) in [6.07, 6.45) is 3.42. The molecule has 0 saturated carbocycles. The minimum absolute atomic E-state index is 0.303. The number of hydrogen-bond acceptors (Lipinski definition) is 4. The van der Waals surface area contributed by atoms with Crippen LogP contribution in [-0.2, 0) is 13.1 Å². The number of phenols is 1. The maximum Gasteiger partial charge on any atom is 0.141 e. The van der Waals surface area contributed by atoms with E-state index in [9.17, 15) is 5.11 Å². The molecule has 0 unspecified atom stereocenters. The van der Waals surface area contributed by atoms with Gasteiger partial charge in [-0.3, -0.25) is 0 Å². The van der Waals surface area contributed by atoms with Crippen LogP contribution in [0.1, 0.15) is 17.0 Å². The minimum Gasteiger partial charge on any atom is -0.508 e. The molecule has 0 atom stereocenters. The van der Waals surface area contributed by atoms with E-state index < -0.39 is 0 Å². The van der Waals surface area contributed by atoms with Crippen LogP contribution >= 0.6 is 15.9 Å². The van der Waals surface area contributed by atoms with Gasteiger partial charge in [-0.05, 0) is 30.7 Å². The van der Waals surface area contributed by atoms with Gasteiger partial charge >= 0.3 is 0 Å².